The molecule has 0 saturated carbocycles. The molecule has 0 atom stereocenters. The Hall–Kier alpha value is -2.02. The van der Waals surface area contributed by atoms with Crippen LogP contribution >= 0.6 is 0 Å². The Morgan fingerprint density at radius 1 is 0.500 bits per heavy atom. The Bertz CT molecular complexity index is 327. The van der Waals surface area contributed by atoms with E-state index in [1.165, 1.54) is 0 Å². The lowest BCUT2D eigenvalue weighted by Gasteiger charge is -1.91. The minimum Gasteiger partial charge on any atom is -0.497 e. The SMILES string of the molecule is C1=CC=CC=CC=COCC=CC=CC=C1. The summed E-state index contributed by atoms with van der Waals surface area (Å²) >= 11 is 0. The van der Waals surface area contributed by atoms with Gasteiger partial charge in [-0.1, -0.05) is 66.8 Å². The normalized spacial score (nSPS) is 16.5. The first-order chi connectivity index (χ1) is 8.00. The molecule has 0 aromatic carbocycles. The van der Waals surface area contributed by atoms with Crippen LogP contribution in [0.3, 0.4) is 0 Å². The molecule has 0 unspecified atom stereocenters. The molecule has 0 aromatic rings. The summed E-state index contributed by atoms with van der Waals surface area (Å²) < 4.78 is 5.23. The van der Waals surface area contributed by atoms with E-state index in [9.17, 15) is 0 Å². The molecule has 82 valence electrons. The number of hydrogen-bond donors (Lipinski definition) is 0. The summed E-state index contributed by atoms with van der Waals surface area (Å²) in [5.74, 6) is 0. The van der Waals surface area contributed by atoms with Gasteiger partial charge in [0.05, 0.1) is 6.26 Å². The van der Waals surface area contributed by atoms with Crippen molar-refractivity contribution in [3.63, 3.8) is 0 Å². The lowest BCUT2D eigenvalue weighted by Crippen LogP contribution is -1.78. The molecule has 1 aliphatic rings. The summed E-state index contributed by atoms with van der Waals surface area (Å²) in [6.07, 6.45) is 27.2. The van der Waals surface area contributed by atoms with Crippen molar-refractivity contribution < 1.29 is 4.74 Å². The summed E-state index contributed by atoms with van der Waals surface area (Å²) in [4.78, 5) is 0. The fraction of sp³-hybridized carbons (Fsp3) is 0.0667. The molecule has 0 saturated heterocycles. The maximum atomic E-state index is 5.23. The molecule has 0 N–H and O–H groups in total. The third-order valence-electron chi connectivity index (χ3n) is 1.73. The van der Waals surface area contributed by atoms with E-state index in [-0.39, 0.29) is 0 Å². The molecule has 0 aromatic heterocycles. The Morgan fingerprint density at radius 3 is 1.50 bits per heavy atom. The van der Waals surface area contributed by atoms with Crippen molar-refractivity contribution >= 4 is 0 Å². The van der Waals surface area contributed by atoms with E-state index in [0.717, 1.165) is 0 Å². The number of ether oxygens (including phenoxy) is 1. The Kier molecular flexibility index (Phi) is 7.18. The summed E-state index contributed by atoms with van der Waals surface area (Å²) in [7, 11) is 0. The third-order valence-corrected chi connectivity index (χ3v) is 1.73. The molecule has 0 bridgehead atoms. The van der Waals surface area contributed by atoms with Crippen molar-refractivity contribution in [1.29, 1.82) is 0 Å². The van der Waals surface area contributed by atoms with Crippen LogP contribution in [0.25, 0.3) is 0 Å². The van der Waals surface area contributed by atoms with E-state index in [1.54, 1.807) is 6.26 Å². The maximum Gasteiger partial charge on any atom is 0.106 e. The lowest BCUT2D eigenvalue weighted by molar-refractivity contribution is 0.290. The molecule has 0 radical (unpaired) electrons. The average Bonchev–Trinajstić information content (AvgIpc) is 2.29. The van der Waals surface area contributed by atoms with Crippen LogP contribution < -0.4 is 0 Å². The zero-order valence-corrected chi connectivity index (χ0v) is 9.20. The van der Waals surface area contributed by atoms with E-state index in [2.05, 4.69) is 0 Å². The summed E-state index contributed by atoms with van der Waals surface area (Å²) in [6, 6.07) is 0. The zero-order chi connectivity index (χ0) is 11.3. The standard InChI is InChI=1S/C15H16O/c1-2-4-6-8-10-12-14-16-15-13-11-9-7-5-3-1/h1-14H,15H2. The van der Waals surface area contributed by atoms with E-state index in [0.29, 0.717) is 6.61 Å². The third kappa shape index (κ3) is 7.39. The van der Waals surface area contributed by atoms with Crippen molar-refractivity contribution in [2.75, 3.05) is 6.61 Å². The van der Waals surface area contributed by atoms with Crippen molar-refractivity contribution in [3.05, 3.63) is 85.3 Å². The van der Waals surface area contributed by atoms with E-state index < -0.39 is 0 Å². The molecule has 1 heterocycles. The average molecular weight is 212 g/mol. The van der Waals surface area contributed by atoms with Crippen molar-refractivity contribution in [2.24, 2.45) is 0 Å². The monoisotopic (exact) mass is 212 g/mol. The Balaban J connectivity index is 2.57. The van der Waals surface area contributed by atoms with Gasteiger partial charge in [-0.25, -0.2) is 0 Å². The van der Waals surface area contributed by atoms with Gasteiger partial charge < -0.3 is 4.74 Å². The molecular formula is C15H16O. The van der Waals surface area contributed by atoms with Crippen molar-refractivity contribution in [2.45, 2.75) is 0 Å². The first kappa shape index (κ1) is 12.1. The molecule has 0 aliphatic carbocycles. The first-order valence-electron chi connectivity index (χ1n) is 5.27. The second-order valence-corrected chi connectivity index (χ2v) is 3.01. The van der Waals surface area contributed by atoms with Crippen LogP contribution in [0.5, 0.6) is 0 Å². The van der Waals surface area contributed by atoms with Gasteiger partial charge in [0.2, 0.25) is 0 Å². The largest absolute Gasteiger partial charge is 0.497 e. The molecule has 16 heavy (non-hydrogen) atoms. The minimum absolute atomic E-state index is 0.591. The van der Waals surface area contributed by atoms with Gasteiger partial charge in [-0.15, -0.1) is 0 Å². The quantitative estimate of drug-likeness (QED) is 0.592. The maximum absolute atomic E-state index is 5.23. The van der Waals surface area contributed by atoms with Gasteiger partial charge in [0.15, 0.2) is 0 Å². The highest BCUT2D eigenvalue weighted by atomic mass is 16.5. The first-order valence-corrected chi connectivity index (χ1v) is 5.27. The van der Waals surface area contributed by atoms with Crippen LogP contribution in [0.15, 0.2) is 85.3 Å². The number of allylic oxidation sites excluding steroid dienone is 12. The van der Waals surface area contributed by atoms with Gasteiger partial charge in [0, 0.05) is 0 Å². The van der Waals surface area contributed by atoms with E-state index >= 15 is 0 Å². The molecule has 0 fully saturated rings. The highest BCUT2D eigenvalue weighted by molar-refractivity contribution is 5.20. The predicted octanol–water partition coefficient (Wildman–Crippen LogP) is 3.87. The fourth-order valence-corrected chi connectivity index (χ4v) is 0.988. The summed E-state index contributed by atoms with van der Waals surface area (Å²) in [5, 5.41) is 0. The number of hydrogen-bond acceptors (Lipinski definition) is 1. The molecule has 1 rings (SSSR count). The van der Waals surface area contributed by atoms with Crippen LogP contribution in [0.2, 0.25) is 0 Å². The van der Waals surface area contributed by atoms with Gasteiger partial charge in [-0.05, 0) is 12.2 Å². The smallest absolute Gasteiger partial charge is 0.106 e. The summed E-state index contributed by atoms with van der Waals surface area (Å²) in [5.41, 5.74) is 0. The Labute approximate surface area is 97.1 Å². The van der Waals surface area contributed by atoms with Crippen LogP contribution in [0.1, 0.15) is 0 Å². The second-order valence-electron chi connectivity index (χ2n) is 3.01. The van der Waals surface area contributed by atoms with Crippen LogP contribution in [-0.2, 0) is 4.74 Å². The molecule has 1 nitrogen and oxygen atoms in total. The predicted molar refractivity (Wildman–Crippen MR) is 69.9 cm³/mol. The lowest BCUT2D eigenvalue weighted by atomic mass is 10.3. The van der Waals surface area contributed by atoms with Gasteiger partial charge in [0.1, 0.15) is 6.61 Å². The summed E-state index contributed by atoms with van der Waals surface area (Å²) in [6.45, 7) is 0.591. The molecule has 0 spiro atoms. The molecule has 1 aliphatic heterocycles. The zero-order valence-electron chi connectivity index (χ0n) is 9.20. The Morgan fingerprint density at radius 2 is 0.938 bits per heavy atom. The molecular weight excluding hydrogens is 196 g/mol. The second kappa shape index (κ2) is 9.53. The van der Waals surface area contributed by atoms with E-state index in [1.807, 2.05) is 79.0 Å². The topological polar surface area (TPSA) is 9.23 Å². The van der Waals surface area contributed by atoms with Crippen molar-refractivity contribution in [3.8, 4) is 0 Å². The fourth-order valence-electron chi connectivity index (χ4n) is 0.988. The minimum atomic E-state index is 0.591. The van der Waals surface area contributed by atoms with Crippen LogP contribution in [0.4, 0.5) is 0 Å². The van der Waals surface area contributed by atoms with Gasteiger partial charge in [-0.3, -0.25) is 0 Å². The van der Waals surface area contributed by atoms with Gasteiger partial charge >= 0.3 is 0 Å². The molecule has 0 amide bonds. The van der Waals surface area contributed by atoms with Crippen LogP contribution in [0, 0.1) is 0 Å². The van der Waals surface area contributed by atoms with Crippen LogP contribution in [-0.4, -0.2) is 6.61 Å². The van der Waals surface area contributed by atoms with E-state index in [4.69, 9.17) is 4.74 Å². The number of rotatable bonds is 0. The van der Waals surface area contributed by atoms with Gasteiger partial charge in [0.25, 0.3) is 0 Å². The van der Waals surface area contributed by atoms with Crippen molar-refractivity contribution in [1.82, 2.24) is 0 Å². The molecule has 1 heteroatoms. The van der Waals surface area contributed by atoms with Gasteiger partial charge in [-0.2, -0.15) is 0 Å². The highest BCUT2D eigenvalue weighted by Crippen LogP contribution is 1.88. The highest BCUT2D eigenvalue weighted by Gasteiger charge is 1.72.